The summed E-state index contributed by atoms with van der Waals surface area (Å²) < 4.78 is 10.7. The first-order chi connectivity index (χ1) is 9.28. The van der Waals surface area contributed by atoms with Gasteiger partial charge in [-0.05, 0) is 30.9 Å². The second-order valence-electron chi connectivity index (χ2n) is 5.27. The van der Waals surface area contributed by atoms with Crippen molar-refractivity contribution in [1.29, 1.82) is 0 Å². The molecule has 1 fully saturated rings. The molecule has 0 aliphatic heterocycles. The van der Waals surface area contributed by atoms with Crippen molar-refractivity contribution in [2.24, 2.45) is 5.92 Å². The minimum atomic E-state index is 0.555. The first-order valence-corrected chi connectivity index (χ1v) is 7.27. The summed E-state index contributed by atoms with van der Waals surface area (Å²) in [6, 6.07) is 6.48. The van der Waals surface area contributed by atoms with E-state index in [-0.39, 0.29) is 0 Å². The van der Waals surface area contributed by atoms with E-state index in [2.05, 4.69) is 12.2 Å². The lowest BCUT2D eigenvalue weighted by atomic mass is 9.83. The highest BCUT2D eigenvalue weighted by atomic mass is 16.5. The summed E-state index contributed by atoms with van der Waals surface area (Å²) in [5.74, 6) is 2.53. The topological polar surface area (TPSA) is 30.5 Å². The number of methoxy groups -OCH3 is 2. The molecule has 2 rings (SSSR count). The third-order valence-corrected chi connectivity index (χ3v) is 4.18. The second-order valence-corrected chi connectivity index (χ2v) is 5.27. The van der Waals surface area contributed by atoms with Crippen LogP contribution < -0.4 is 14.8 Å². The van der Waals surface area contributed by atoms with Gasteiger partial charge in [-0.3, -0.25) is 0 Å². The van der Waals surface area contributed by atoms with Crippen LogP contribution in [0.2, 0.25) is 0 Å². The molecule has 0 amide bonds. The van der Waals surface area contributed by atoms with Crippen LogP contribution in [0.5, 0.6) is 11.5 Å². The third-order valence-electron chi connectivity index (χ3n) is 4.18. The molecule has 1 aliphatic rings. The maximum atomic E-state index is 5.44. The highest BCUT2D eigenvalue weighted by molar-refractivity contribution is 5.60. The van der Waals surface area contributed by atoms with Gasteiger partial charge in [-0.1, -0.05) is 26.2 Å². The Morgan fingerprint density at radius 2 is 1.95 bits per heavy atom. The van der Waals surface area contributed by atoms with Gasteiger partial charge in [-0.25, -0.2) is 0 Å². The van der Waals surface area contributed by atoms with E-state index in [1.165, 1.54) is 32.1 Å². The minimum absolute atomic E-state index is 0.555. The molecule has 3 nitrogen and oxygen atoms in total. The summed E-state index contributed by atoms with van der Waals surface area (Å²) in [5.41, 5.74) is 1.05. The van der Waals surface area contributed by atoms with Crippen molar-refractivity contribution < 1.29 is 9.47 Å². The maximum absolute atomic E-state index is 5.44. The van der Waals surface area contributed by atoms with Crippen molar-refractivity contribution in [1.82, 2.24) is 0 Å². The zero-order valence-electron chi connectivity index (χ0n) is 12.2. The quantitative estimate of drug-likeness (QED) is 0.868. The first kappa shape index (κ1) is 14.0. The summed E-state index contributed by atoms with van der Waals surface area (Å²) in [5, 5.41) is 3.67. The van der Waals surface area contributed by atoms with Crippen LogP contribution in [-0.4, -0.2) is 20.3 Å². The van der Waals surface area contributed by atoms with Gasteiger partial charge in [-0.15, -0.1) is 0 Å². The average Bonchev–Trinajstić information content (AvgIpc) is 2.47. The van der Waals surface area contributed by atoms with E-state index < -0.39 is 0 Å². The Labute approximate surface area is 116 Å². The Balaban J connectivity index is 2.16. The van der Waals surface area contributed by atoms with Gasteiger partial charge < -0.3 is 14.8 Å². The lowest BCUT2D eigenvalue weighted by Crippen LogP contribution is -2.31. The molecule has 1 N–H and O–H groups in total. The van der Waals surface area contributed by atoms with Crippen molar-refractivity contribution in [3.63, 3.8) is 0 Å². The molecule has 1 aromatic carbocycles. The van der Waals surface area contributed by atoms with E-state index in [0.29, 0.717) is 6.04 Å². The largest absolute Gasteiger partial charge is 0.497 e. The second kappa shape index (κ2) is 6.69. The van der Waals surface area contributed by atoms with Crippen molar-refractivity contribution in [2.75, 3.05) is 19.5 Å². The van der Waals surface area contributed by atoms with E-state index in [4.69, 9.17) is 9.47 Å². The number of hydrogen-bond donors (Lipinski definition) is 1. The predicted octanol–water partition coefficient (Wildman–Crippen LogP) is 4.08. The lowest BCUT2D eigenvalue weighted by Gasteiger charge is -2.32. The van der Waals surface area contributed by atoms with Gasteiger partial charge in [0.25, 0.3) is 0 Å². The molecule has 0 spiro atoms. The SMILES string of the molecule is CCC1CCCCC1Nc1cc(OC)ccc1OC. The number of benzene rings is 1. The molecule has 19 heavy (non-hydrogen) atoms. The molecule has 0 heterocycles. The van der Waals surface area contributed by atoms with Crippen LogP contribution in [0.15, 0.2) is 18.2 Å². The summed E-state index contributed by atoms with van der Waals surface area (Å²) in [4.78, 5) is 0. The molecular weight excluding hydrogens is 238 g/mol. The van der Waals surface area contributed by atoms with Crippen LogP contribution in [0, 0.1) is 5.92 Å². The maximum Gasteiger partial charge on any atom is 0.142 e. The molecule has 1 aliphatic carbocycles. The van der Waals surface area contributed by atoms with Gasteiger partial charge in [0.1, 0.15) is 11.5 Å². The zero-order valence-corrected chi connectivity index (χ0v) is 12.2. The van der Waals surface area contributed by atoms with Crippen molar-refractivity contribution in [3.8, 4) is 11.5 Å². The van der Waals surface area contributed by atoms with E-state index >= 15 is 0 Å². The van der Waals surface area contributed by atoms with Crippen LogP contribution in [0.25, 0.3) is 0 Å². The summed E-state index contributed by atoms with van der Waals surface area (Å²) >= 11 is 0. The number of rotatable bonds is 5. The summed E-state index contributed by atoms with van der Waals surface area (Å²) in [6.07, 6.45) is 6.51. The van der Waals surface area contributed by atoms with Gasteiger partial charge in [0.15, 0.2) is 0 Å². The Hall–Kier alpha value is -1.38. The van der Waals surface area contributed by atoms with Crippen LogP contribution in [0.4, 0.5) is 5.69 Å². The summed E-state index contributed by atoms with van der Waals surface area (Å²) in [7, 11) is 3.41. The molecule has 0 aromatic heterocycles. The zero-order chi connectivity index (χ0) is 13.7. The smallest absolute Gasteiger partial charge is 0.142 e. The molecular formula is C16H25NO2. The minimum Gasteiger partial charge on any atom is -0.497 e. The van der Waals surface area contributed by atoms with E-state index in [9.17, 15) is 0 Å². The average molecular weight is 263 g/mol. The normalized spacial score (nSPS) is 22.9. The molecule has 1 saturated carbocycles. The van der Waals surface area contributed by atoms with Crippen molar-refractivity contribution in [2.45, 2.75) is 45.1 Å². The number of anilines is 1. The van der Waals surface area contributed by atoms with Crippen LogP contribution in [-0.2, 0) is 0 Å². The van der Waals surface area contributed by atoms with E-state index in [1.54, 1.807) is 14.2 Å². The first-order valence-electron chi connectivity index (χ1n) is 7.27. The fourth-order valence-corrected chi connectivity index (χ4v) is 3.01. The van der Waals surface area contributed by atoms with Crippen LogP contribution >= 0.6 is 0 Å². The predicted molar refractivity (Wildman–Crippen MR) is 79.2 cm³/mol. The summed E-state index contributed by atoms with van der Waals surface area (Å²) in [6.45, 7) is 2.29. The van der Waals surface area contributed by atoms with Crippen LogP contribution in [0.3, 0.4) is 0 Å². The lowest BCUT2D eigenvalue weighted by molar-refractivity contribution is 0.316. The number of hydrogen-bond acceptors (Lipinski definition) is 3. The Morgan fingerprint density at radius 3 is 2.63 bits per heavy atom. The van der Waals surface area contributed by atoms with E-state index in [0.717, 1.165) is 23.1 Å². The highest BCUT2D eigenvalue weighted by Crippen LogP contribution is 2.34. The highest BCUT2D eigenvalue weighted by Gasteiger charge is 2.24. The van der Waals surface area contributed by atoms with Gasteiger partial charge in [0.2, 0.25) is 0 Å². The fourth-order valence-electron chi connectivity index (χ4n) is 3.01. The molecule has 3 heteroatoms. The van der Waals surface area contributed by atoms with Gasteiger partial charge in [0.05, 0.1) is 19.9 Å². The Bertz CT molecular complexity index is 406. The Kier molecular flexibility index (Phi) is 4.94. The molecule has 0 bridgehead atoms. The van der Waals surface area contributed by atoms with Gasteiger partial charge in [0, 0.05) is 12.1 Å². The standard InChI is InChI=1S/C16H25NO2/c1-4-12-7-5-6-8-14(12)17-15-11-13(18-2)9-10-16(15)19-3/h9-12,14,17H,4-8H2,1-3H3. The molecule has 2 unspecified atom stereocenters. The molecule has 0 saturated heterocycles. The molecule has 0 radical (unpaired) electrons. The van der Waals surface area contributed by atoms with Crippen molar-refractivity contribution >= 4 is 5.69 Å². The number of nitrogens with one attached hydrogen (secondary N) is 1. The van der Waals surface area contributed by atoms with E-state index in [1.807, 2.05) is 18.2 Å². The molecule has 2 atom stereocenters. The fraction of sp³-hybridized carbons (Fsp3) is 0.625. The monoisotopic (exact) mass is 263 g/mol. The Morgan fingerprint density at radius 1 is 1.16 bits per heavy atom. The number of ether oxygens (including phenoxy) is 2. The molecule has 1 aromatic rings. The van der Waals surface area contributed by atoms with Crippen molar-refractivity contribution in [3.05, 3.63) is 18.2 Å². The molecule has 106 valence electrons. The van der Waals surface area contributed by atoms with Crippen LogP contribution in [0.1, 0.15) is 39.0 Å². The third kappa shape index (κ3) is 3.34. The van der Waals surface area contributed by atoms with Gasteiger partial charge in [-0.2, -0.15) is 0 Å². The van der Waals surface area contributed by atoms with Gasteiger partial charge >= 0.3 is 0 Å².